The first-order valence-corrected chi connectivity index (χ1v) is 9.00. The van der Waals surface area contributed by atoms with Gasteiger partial charge in [-0.05, 0) is 62.0 Å². The zero-order valence-electron chi connectivity index (χ0n) is 12.7. The minimum Gasteiger partial charge on any atom is -0.372 e. The molecular weight excluding hydrogens is 282 g/mol. The Hall–Kier alpha value is -1.20. The summed E-state index contributed by atoms with van der Waals surface area (Å²) in [6, 6.07) is 7.65. The summed E-state index contributed by atoms with van der Waals surface area (Å²) >= 11 is 1.71. The lowest BCUT2D eigenvalue weighted by atomic mass is 10.1. The molecule has 2 rings (SSSR count). The Bertz CT molecular complexity index is 443. The highest BCUT2D eigenvalue weighted by molar-refractivity contribution is 7.98. The summed E-state index contributed by atoms with van der Waals surface area (Å²) in [5.74, 6) is 0.803. The van der Waals surface area contributed by atoms with E-state index >= 15 is 0 Å². The number of hydrogen-bond acceptors (Lipinski definition) is 4. The van der Waals surface area contributed by atoms with Crippen molar-refractivity contribution in [1.82, 2.24) is 0 Å². The van der Waals surface area contributed by atoms with E-state index in [1.807, 2.05) is 18.4 Å². The standard InChI is InChI=1S/C16H25N3OS/c1-21-12-9-15(17)16(20)18-13-5-7-14(8-6-13)19-10-3-2-4-11-19/h5-8,15H,2-4,9-12,17H2,1H3,(H,18,20)/t15-/m0/s1. The maximum absolute atomic E-state index is 11.9. The molecule has 5 heteroatoms. The quantitative estimate of drug-likeness (QED) is 0.848. The van der Waals surface area contributed by atoms with E-state index in [2.05, 4.69) is 22.3 Å². The second-order valence-electron chi connectivity index (χ2n) is 5.47. The van der Waals surface area contributed by atoms with Crippen molar-refractivity contribution in [2.45, 2.75) is 31.7 Å². The van der Waals surface area contributed by atoms with Gasteiger partial charge in [-0.3, -0.25) is 4.79 Å². The van der Waals surface area contributed by atoms with Crippen LogP contribution in [0.15, 0.2) is 24.3 Å². The van der Waals surface area contributed by atoms with Crippen LogP contribution in [0.5, 0.6) is 0 Å². The average Bonchev–Trinajstić information content (AvgIpc) is 2.54. The molecule has 0 radical (unpaired) electrons. The molecule has 1 aromatic carbocycles. The maximum atomic E-state index is 11.9. The van der Waals surface area contributed by atoms with E-state index in [9.17, 15) is 4.79 Å². The Balaban J connectivity index is 1.88. The Kier molecular flexibility index (Phi) is 6.39. The number of thioether (sulfide) groups is 1. The van der Waals surface area contributed by atoms with Crippen molar-refractivity contribution in [3.8, 4) is 0 Å². The van der Waals surface area contributed by atoms with Gasteiger partial charge in [0.25, 0.3) is 0 Å². The second kappa shape index (κ2) is 8.29. The summed E-state index contributed by atoms with van der Waals surface area (Å²) in [7, 11) is 0. The number of nitrogens with one attached hydrogen (secondary N) is 1. The van der Waals surface area contributed by atoms with E-state index in [1.165, 1.54) is 24.9 Å². The molecule has 0 spiro atoms. The minimum absolute atomic E-state index is 0.102. The molecule has 1 heterocycles. The van der Waals surface area contributed by atoms with Crippen molar-refractivity contribution >= 4 is 29.0 Å². The van der Waals surface area contributed by atoms with E-state index in [0.29, 0.717) is 6.42 Å². The number of amides is 1. The second-order valence-corrected chi connectivity index (χ2v) is 6.46. The highest BCUT2D eigenvalue weighted by Gasteiger charge is 2.14. The molecule has 1 fully saturated rings. The van der Waals surface area contributed by atoms with Crippen molar-refractivity contribution in [1.29, 1.82) is 0 Å². The van der Waals surface area contributed by atoms with Crippen LogP contribution < -0.4 is 16.0 Å². The molecule has 0 bridgehead atoms. The van der Waals surface area contributed by atoms with Gasteiger partial charge >= 0.3 is 0 Å². The van der Waals surface area contributed by atoms with E-state index < -0.39 is 6.04 Å². The van der Waals surface area contributed by atoms with Gasteiger partial charge < -0.3 is 16.0 Å². The van der Waals surface area contributed by atoms with Crippen LogP contribution in [0, 0.1) is 0 Å². The van der Waals surface area contributed by atoms with Gasteiger partial charge in [-0.2, -0.15) is 11.8 Å². The largest absolute Gasteiger partial charge is 0.372 e. The number of anilines is 2. The van der Waals surface area contributed by atoms with Gasteiger partial charge in [0.05, 0.1) is 6.04 Å². The highest BCUT2D eigenvalue weighted by atomic mass is 32.2. The Morgan fingerprint density at radius 2 is 1.95 bits per heavy atom. The number of nitrogens with zero attached hydrogens (tertiary/aromatic N) is 1. The highest BCUT2D eigenvalue weighted by Crippen LogP contribution is 2.21. The summed E-state index contributed by atoms with van der Waals surface area (Å²) in [6.07, 6.45) is 6.59. The average molecular weight is 307 g/mol. The molecule has 0 aliphatic carbocycles. The Morgan fingerprint density at radius 1 is 1.29 bits per heavy atom. The zero-order valence-corrected chi connectivity index (χ0v) is 13.5. The van der Waals surface area contributed by atoms with Crippen molar-refractivity contribution in [3.63, 3.8) is 0 Å². The predicted octanol–water partition coefficient (Wildman–Crippen LogP) is 2.70. The van der Waals surface area contributed by atoms with Crippen molar-refractivity contribution < 1.29 is 4.79 Å². The first-order chi connectivity index (χ1) is 10.2. The van der Waals surface area contributed by atoms with E-state index in [1.54, 1.807) is 11.8 Å². The molecular formula is C16H25N3OS. The third kappa shape index (κ3) is 4.93. The fraction of sp³-hybridized carbons (Fsp3) is 0.562. The lowest BCUT2D eigenvalue weighted by molar-refractivity contribution is -0.117. The molecule has 0 saturated carbocycles. The van der Waals surface area contributed by atoms with Gasteiger partial charge in [-0.25, -0.2) is 0 Å². The van der Waals surface area contributed by atoms with Gasteiger partial charge in [-0.15, -0.1) is 0 Å². The Labute approximate surface area is 131 Å². The molecule has 116 valence electrons. The summed E-state index contributed by atoms with van der Waals surface area (Å²) in [5.41, 5.74) is 7.92. The predicted molar refractivity (Wildman–Crippen MR) is 92.1 cm³/mol. The monoisotopic (exact) mass is 307 g/mol. The summed E-state index contributed by atoms with van der Waals surface area (Å²) in [4.78, 5) is 14.4. The molecule has 21 heavy (non-hydrogen) atoms. The Morgan fingerprint density at radius 3 is 2.57 bits per heavy atom. The molecule has 4 nitrogen and oxygen atoms in total. The molecule has 1 amide bonds. The molecule has 0 unspecified atom stereocenters. The van der Waals surface area contributed by atoms with Gasteiger partial charge in [0.2, 0.25) is 5.91 Å². The SMILES string of the molecule is CSCC[C@H](N)C(=O)Nc1ccc(N2CCCCC2)cc1. The van der Waals surface area contributed by atoms with Gasteiger partial charge in [0.1, 0.15) is 0 Å². The number of hydrogen-bond donors (Lipinski definition) is 2. The van der Waals surface area contributed by atoms with Crippen molar-refractivity contribution in [2.24, 2.45) is 5.73 Å². The molecule has 0 aromatic heterocycles. The first kappa shape index (κ1) is 16.2. The molecule has 1 saturated heterocycles. The lowest BCUT2D eigenvalue weighted by Gasteiger charge is -2.28. The number of nitrogens with two attached hydrogens (primary N) is 1. The molecule has 1 aliphatic heterocycles. The van der Waals surface area contributed by atoms with Gasteiger partial charge in [0, 0.05) is 24.5 Å². The third-order valence-corrected chi connectivity index (χ3v) is 4.47. The molecule has 3 N–H and O–H groups in total. The summed E-state index contributed by atoms with van der Waals surface area (Å²) in [5, 5.41) is 2.89. The van der Waals surface area contributed by atoms with Crippen LogP contribution in [0.4, 0.5) is 11.4 Å². The summed E-state index contributed by atoms with van der Waals surface area (Å²) < 4.78 is 0. The molecule has 1 atom stereocenters. The lowest BCUT2D eigenvalue weighted by Crippen LogP contribution is -2.36. The smallest absolute Gasteiger partial charge is 0.241 e. The van der Waals surface area contributed by atoms with E-state index in [4.69, 9.17) is 5.73 Å². The van der Waals surface area contributed by atoms with Crippen molar-refractivity contribution in [3.05, 3.63) is 24.3 Å². The number of carbonyl (C=O) groups is 1. The number of benzene rings is 1. The number of piperidine rings is 1. The van der Waals surface area contributed by atoms with Crippen LogP contribution in [0.1, 0.15) is 25.7 Å². The first-order valence-electron chi connectivity index (χ1n) is 7.61. The van der Waals surface area contributed by atoms with Crippen LogP contribution >= 0.6 is 11.8 Å². The third-order valence-electron chi connectivity index (χ3n) is 3.83. The summed E-state index contributed by atoms with van der Waals surface area (Å²) in [6.45, 7) is 2.26. The van der Waals surface area contributed by atoms with E-state index in [0.717, 1.165) is 24.5 Å². The van der Waals surface area contributed by atoms with Crippen LogP contribution in [0.3, 0.4) is 0 Å². The molecule has 1 aromatic rings. The van der Waals surface area contributed by atoms with E-state index in [-0.39, 0.29) is 5.91 Å². The fourth-order valence-electron chi connectivity index (χ4n) is 2.52. The molecule has 1 aliphatic rings. The van der Waals surface area contributed by atoms with Crippen molar-refractivity contribution in [2.75, 3.05) is 35.3 Å². The van der Waals surface area contributed by atoms with Crippen LogP contribution in [0.25, 0.3) is 0 Å². The van der Waals surface area contributed by atoms with Crippen LogP contribution in [0.2, 0.25) is 0 Å². The van der Waals surface area contributed by atoms with Gasteiger partial charge in [-0.1, -0.05) is 0 Å². The number of carbonyl (C=O) groups excluding carboxylic acids is 1. The topological polar surface area (TPSA) is 58.4 Å². The van der Waals surface area contributed by atoms with Crippen LogP contribution in [-0.4, -0.2) is 37.0 Å². The van der Waals surface area contributed by atoms with Gasteiger partial charge in [0.15, 0.2) is 0 Å². The van der Waals surface area contributed by atoms with Crippen LogP contribution in [-0.2, 0) is 4.79 Å². The normalized spacial score (nSPS) is 16.6. The maximum Gasteiger partial charge on any atom is 0.241 e. The minimum atomic E-state index is -0.431. The number of rotatable bonds is 6. The fourth-order valence-corrected chi connectivity index (χ4v) is 3.01. The zero-order chi connectivity index (χ0) is 15.1.